The van der Waals surface area contributed by atoms with Crippen LogP contribution >= 0.6 is 11.6 Å². The highest BCUT2D eigenvalue weighted by Gasteiger charge is 2.12. The zero-order valence-corrected chi connectivity index (χ0v) is 15.0. The van der Waals surface area contributed by atoms with E-state index >= 15 is 0 Å². The molecule has 26 heavy (non-hydrogen) atoms. The second kappa shape index (κ2) is 7.84. The quantitative estimate of drug-likeness (QED) is 0.696. The number of nitrogens with one attached hydrogen (secondary N) is 2. The summed E-state index contributed by atoms with van der Waals surface area (Å²) >= 11 is 6.11. The lowest BCUT2D eigenvalue weighted by Gasteiger charge is -2.10. The molecular weight excluding hydrogens is 352 g/mol. The van der Waals surface area contributed by atoms with Crippen molar-refractivity contribution in [3.8, 4) is 5.75 Å². The van der Waals surface area contributed by atoms with Crippen LogP contribution in [0.3, 0.4) is 0 Å². The first-order chi connectivity index (χ1) is 12.6. The number of halogens is 1. The lowest BCUT2D eigenvalue weighted by atomic mass is 10.2. The van der Waals surface area contributed by atoms with Gasteiger partial charge in [-0.15, -0.1) is 10.2 Å². The molecule has 2 aromatic carbocycles. The third kappa shape index (κ3) is 3.92. The van der Waals surface area contributed by atoms with Crippen molar-refractivity contribution in [2.24, 2.45) is 0 Å². The normalized spacial score (nSPS) is 10.3. The Hall–Kier alpha value is -3.12. The maximum Gasteiger partial charge on any atom is 0.260 e. The van der Waals surface area contributed by atoms with Crippen LogP contribution in [0.2, 0.25) is 5.02 Å². The Balaban J connectivity index is 1.71. The molecule has 2 N–H and O–H groups in total. The van der Waals surface area contributed by atoms with Crippen molar-refractivity contribution in [3.05, 3.63) is 70.7 Å². The van der Waals surface area contributed by atoms with Gasteiger partial charge in [-0.25, -0.2) is 0 Å². The molecule has 3 rings (SSSR count). The van der Waals surface area contributed by atoms with E-state index in [1.807, 2.05) is 25.1 Å². The smallest absolute Gasteiger partial charge is 0.260 e. The monoisotopic (exact) mass is 368 g/mol. The van der Waals surface area contributed by atoms with Gasteiger partial charge in [-0.3, -0.25) is 4.79 Å². The number of carbonyl (C=O) groups excluding carboxylic acids is 1. The van der Waals surface area contributed by atoms with Gasteiger partial charge in [-0.2, -0.15) is 0 Å². The van der Waals surface area contributed by atoms with Gasteiger partial charge in [0.1, 0.15) is 5.75 Å². The number of carbonyl (C=O) groups is 1. The third-order valence-electron chi connectivity index (χ3n) is 3.79. The summed E-state index contributed by atoms with van der Waals surface area (Å²) in [6, 6.07) is 15.9. The number of hydrogen-bond donors (Lipinski definition) is 2. The van der Waals surface area contributed by atoms with Gasteiger partial charge in [0.05, 0.1) is 12.7 Å². The largest absolute Gasteiger partial charge is 0.496 e. The van der Waals surface area contributed by atoms with E-state index in [1.54, 1.807) is 36.4 Å². The van der Waals surface area contributed by atoms with Crippen LogP contribution in [0, 0.1) is 6.92 Å². The van der Waals surface area contributed by atoms with Gasteiger partial charge in [0.25, 0.3) is 5.91 Å². The van der Waals surface area contributed by atoms with E-state index in [-0.39, 0.29) is 5.91 Å². The summed E-state index contributed by atoms with van der Waals surface area (Å²) < 4.78 is 5.19. The molecule has 1 amide bonds. The van der Waals surface area contributed by atoms with E-state index in [4.69, 9.17) is 16.3 Å². The molecule has 0 saturated carbocycles. The molecule has 0 radical (unpaired) electrons. The highest BCUT2D eigenvalue weighted by Crippen LogP contribution is 2.25. The number of para-hydroxylation sites is 1. The van der Waals surface area contributed by atoms with Crippen LogP contribution < -0.4 is 15.4 Å². The highest BCUT2D eigenvalue weighted by atomic mass is 35.5. The Labute approximate surface area is 156 Å². The van der Waals surface area contributed by atoms with Gasteiger partial charge in [-0.1, -0.05) is 29.8 Å². The maximum absolute atomic E-state index is 12.4. The molecule has 0 aliphatic carbocycles. The third-order valence-corrected chi connectivity index (χ3v) is 4.20. The summed E-state index contributed by atoms with van der Waals surface area (Å²) in [6.45, 7) is 1.92. The minimum absolute atomic E-state index is 0.317. The van der Waals surface area contributed by atoms with Crippen molar-refractivity contribution >= 4 is 34.8 Å². The molecule has 0 atom stereocenters. The Morgan fingerprint density at radius 3 is 2.46 bits per heavy atom. The highest BCUT2D eigenvalue weighted by molar-refractivity contribution is 6.31. The van der Waals surface area contributed by atoms with Gasteiger partial charge >= 0.3 is 0 Å². The Bertz CT molecular complexity index is 929. The zero-order valence-electron chi connectivity index (χ0n) is 14.3. The average Bonchev–Trinajstić information content (AvgIpc) is 2.67. The number of amides is 1. The van der Waals surface area contributed by atoms with Crippen molar-refractivity contribution in [1.82, 2.24) is 10.2 Å². The lowest BCUT2D eigenvalue weighted by Crippen LogP contribution is -2.14. The van der Waals surface area contributed by atoms with Gasteiger partial charge < -0.3 is 15.4 Å². The molecule has 0 aliphatic heterocycles. The Morgan fingerprint density at radius 1 is 1.00 bits per heavy atom. The van der Waals surface area contributed by atoms with Crippen LogP contribution in [0.1, 0.15) is 15.9 Å². The predicted octanol–water partition coefficient (Wildman–Crippen LogP) is 4.44. The minimum Gasteiger partial charge on any atom is -0.496 e. The van der Waals surface area contributed by atoms with Crippen molar-refractivity contribution in [1.29, 1.82) is 0 Å². The molecule has 3 aromatic rings. The van der Waals surface area contributed by atoms with Gasteiger partial charge in [0.15, 0.2) is 11.6 Å². The first kappa shape index (κ1) is 17.7. The number of rotatable bonds is 5. The van der Waals surface area contributed by atoms with Crippen LogP contribution in [0.4, 0.5) is 17.3 Å². The van der Waals surface area contributed by atoms with E-state index in [0.717, 1.165) is 11.3 Å². The number of anilines is 3. The van der Waals surface area contributed by atoms with Gasteiger partial charge in [-0.05, 0) is 48.9 Å². The lowest BCUT2D eigenvalue weighted by molar-refractivity contribution is 0.102. The van der Waals surface area contributed by atoms with E-state index in [0.29, 0.717) is 28.0 Å². The second-order valence-corrected chi connectivity index (χ2v) is 5.90. The molecule has 1 heterocycles. The Morgan fingerprint density at radius 2 is 1.73 bits per heavy atom. The summed E-state index contributed by atoms with van der Waals surface area (Å²) in [4.78, 5) is 12.4. The summed E-state index contributed by atoms with van der Waals surface area (Å²) in [7, 11) is 1.52. The van der Waals surface area contributed by atoms with Gasteiger partial charge in [0.2, 0.25) is 0 Å². The van der Waals surface area contributed by atoms with E-state index in [2.05, 4.69) is 20.8 Å². The first-order valence-electron chi connectivity index (χ1n) is 7.88. The van der Waals surface area contributed by atoms with Crippen LogP contribution in [-0.2, 0) is 0 Å². The van der Waals surface area contributed by atoms with E-state index in [9.17, 15) is 4.79 Å². The van der Waals surface area contributed by atoms with Crippen LogP contribution in [0.5, 0.6) is 5.75 Å². The SMILES string of the molecule is COc1ccccc1C(=O)Nc1ccc(Nc2cccc(Cl)c2C)nn1. The fraction of sp³-hybridized carbons (Fsp3) is 0.105. The van der Waals surface area contributed by atoms with Crippen LogP contribution in [0.15, 0.2) is 54.6 Å². The molecule has 1 aromatic heterocycles. The van der Waals surface area contributed by atoms with Gasteiger partial charge in [0, 0.05) is 10.7 Å². The average molecular weight is 369 g/mol. The summed E-state index contributed by atoms with van der Waals surface area (Å²) in [6.07, 6.45) is 0. The van der Waals surface area contributed by atoms with Crippen LogP contribution in [0.25, 0.3) is 0 Å². The summed E-state index contributed by atoms with van der Waals surface area (Å²) in [5.74, 6) is 1.07. The molecule has 0 unspecified atom stereocenters. The Kier molecular flexibility index (Phi) is 5.34. The standard InChI is InChI=1S/C19H17ClN4O2/c1-12-14(20)7-5-8-15(12)21-17-10-11-18(24-23-17)22-19(25)13-6-3-4-9-16(13)26-2/h3-11H,1-2H3,(H,21,23)(H,22,24,25). The molecule has 0 fully saturated rings. The summed E-state index contributed by atoms with van der Waals surface area (Å²) in [5, 5.41) is 14.6. The van der Waals surface area contributed by atoms with E-state index < -0.39 is 0 Å². The molecule has 0 aliphatic rings. The maximum atomic E-state index is 12.4. The minimum atomic E-state index is -0.317. The molecule has 132 valence electrons. The van der Waals surface area contributed by atoms with Crippen molar-refractivity contribution in [2.75, 3.05) is 17.7 Å². The second-order valence-electron chi connectivity index (χ2n) is 5.50. The molecule has 6 nitrogen and oxygen atoms in total. The number of hydrogen-bond acceptors (Lipinski definition) is 5. The molecule has 0 spiro atoms. The number of nitrogens with zero attached hydrogens (tertiary/aromatic N) is 2. The molecular formula is C19H17ClN4O2. The fourth-order valence-electron chi connectivity index (χ4n) is 2.36. The number of ether oxygens (including phenoxy) is 1. The number of aromatic nitrogens is 2. The van der Waals surface area contributed by atoms with E-state index in [1.165, 1.54) is 7.11 Å². The summed E-state index contributed by atoms with van der Waals surface area (Å²) in [5.41, 5.74) is 2.19. The van der Waals surface area contributed by atoms with Crippen LogP contribution in [-0.4, -0.2) is 23.2 Å². The number of benzene rings is 2. The van der Waals surface area contributed by atoms with Crippen molar-refractivity contribution in [2.45, 2.75) is 6.92 Å². The fourth-order valence-corrected chi connectivity index (χ4v) is 2.54. The van der Waals surface area contributed by atoms with Crippen molar-refractivity contribution < 1.29 is 9.53 Å². The predicted molar refractivity (Wildman–Crippen MR) is 102 cm³/mol. The zero-order chi connectivity index (χ0) is 18.5. The molecule has 7 heteroatoms. The van der Waals surface area contributed by atoms with Crippen molar-refractivity contribution in [3.63, 3.8) is 0 Å². The molecule has 0 bridgehead atoms. The molecule has 0 saturated heterocycles. The topological polar surface area (TPSA) is 76.1 Å². The first-order valence-corrected chi connectivity index (χ1v) is 8.26. The number of methoxy groups -OCH3 is 1.